The quantitative estimate of drug-likeness (QED) is 0.581. The Balaban J connectivity index is 1.75. The van der Waals surface area contributed by atoms with Crippen molar-refractivity contribution in [2.45, 2.75) is 12.8 Å². The van der Waals surface area contributed by atoms with Gasteiger partial charge < -0.3 is 15.3 Å². The molecule has 0 aromatic heterocycles. The van der Waals surface area contributed by atoms with Gasteiger partial charge in [0, 0.05) is 18.3 Å². The predicted octanol–water partition coefficient (Wildman–Crippen LogP) is 3.98. The summed E-state index contributed by atoms with van der Waals surface area (Å²) < 4.78 is 0. The molecule has 3 aromatic carbocycles. The summed E-state index contributed by atoms with van der Waals surface area (Å²) in [5.74, 6) is -2.17. The number of rotatable bonds is 6. The molecule has 1 heterocycles. The zero-order valence-corrected chi connectivity index (χ0v) is 17.4. The first-order chi connectivity index (χ1) is 15.4. The van der Waals surface area contributed by atoms with Crippen LogP contribution >= 0.6 is 0 Å². The summed E-state index contributed by atoms with van der Waals surface area (Å²) in [6, 6.07) is 23.7. The third-order valence-corrected chi connectivity index (χ3v) is 5.22. The lowest BCUT2D eigenvalue weighted by molar-refractivity contribution is -0.136. The minimum Gasteiger partial charge on any atom is -0.480 e. The minimum absolute atomic E-state index is 0.144. The average molecular weight is 427 g/mol. The van der Waals surface area contributed by atoms with Crippen molar-refractivity contribution in [3.05, 3.63) is 90.0 Å². The first-order valence-corrected chi connectivity index (χ1v) is 10.1. The molecule has 0 saturated carbocycles. The number of hydrogen-bond donors (Lipinski definition) is 2. The van der Waals surface area contributed by atoms with Gasteiger partial charge in [-0.2, -0.15) is 0 Å². The SMILES string of the molecule is CC(=O)N(CC(=O)O)c1ccc(N=C(c2ccccc2)C2C(=O)Nc3ccccc32)cc1. The summed E-state index contributed by atoms with van der Waals surface area (Å²) in [5, 5.41) is 12.0. The first-order valence-electron chi connectivity index (χ1n) is 10.1. The van der Waals surface area contributed by atoms with E-state index < -0.39 is 18.4 Å². The summed E-state index contributed by atoms with van der Waals surface area (Å²) in [4.78, 5) is 41.8. The fourth-order valence-electron chi connectivity index (χ4n) is 3.75. The highest BCUT2D eigenvalue weighted by molar-refractivity contribution is 6.24. The first kappa shape index (κ1) is 21.0. The van der Waals surface area contributed by atoms with Crippen LogP contribution in [0, 0.1) is 0 Å². The Morgan fingerprint density at radius 2 is 1.62 bits per heavy atom. The molecule has 0 aliphatic carbocycles. The number of aliphatic carboxylic acids is 1. The molecule has 1 unspecified atom stereocenters. The van der Waals surface area contributed by atoms with E-state index >= 15 is 0 Å². The molecule has 2 N–H and O–H groups in total. The number of aliphatic imine (C=N–C) groups is 1. The zero-order valence-electron chi connectivity index (χ0n) is 17.4. The van der Waals surface area contributed by atoms with Gasteiger partial charge in [-0.05, 0) is 41.5 Å². The van der Waals surface area contributed by atoms with Gasteiger partial charge in [-0.1, -0.05) is 48.5 Å². The zero-order chi connectivity index (χ0) is 22.7. The summed E-state index contributed by atoms with van der Waals surface area (Å²) >= 11 is 0. The number of para-hydroxylation sites is 1. The van der Waals surface area contributed by atoms with Crippen molar-refractivity contribution in [1.29, 1.82) is 0 Å². The van der Waals surface area contributed by atoms with E-state index in [1.165, 1.54) is 11.8 Å². The van der Waals surface area contributed by atoms with E-state index in [2.05, 4.69) is 5.32 Å². The van der Waals surface area contributed by atoms with Gasteiger partial charge in [0.25, 0.3) is 0 Å². The van der Waals surface area contributed by atoms with Crippen LogP contribution in [0.1, 0.15) is 24.0 Å². The second-order valence-corrected chi connectivity index (χ2v) is 7.39. The van der Waals surface area contributed by atoms with Crippen molar-refractivity contribution in [2.24, 2.45) is 4.99 Å². The van der Waals surface area contributed by atoms with Crippen LogP contribution in [0.15, 0.2) is 83.9 Å². The Bertz CT molecular complexity index is 1200. The van der Waals surface area contributed by atoms with Crippen molar-refractivity contribution in [2.75, 3.05) is 16.8 Å². The van der Waals surface area contributed by atoms with Crippen LogP contribution in [0.5, 0.6) is 0 Å². The van der Waals surface area contributed by atoms with Gasteiger partial charge in [0.05, 0.1) is 11.4 Å². The number of carbonyl (C=O) groups excluding carboxylic acids is 2. The van der Waals surface area contributed by atoms with E-state index in [-0.39, 0.29) is 11.8 Å². The number of anilines is 2. The Morgan fingerprint density at radius 1 is 0.969 bits per heavy atom. The fraction of sp³-hybridized carbons (Fsp3) is 0.120. The third kappa shape index (κ3) is 4.27. The molecule has 0 spiro atoms. The molecule has 7 heteroatoms. The molecular weight excluding hydrogens is 406 g/mol. The van der Waals surface area contributed by atoms with Gasteiger partial charge in [-0.15, -0.1) is 0 Å². The van der Waals surface area contributed by atoms with E-state index in [4.69, 9.17) is 10.1 Å². The molecule has 1 aliphatic heterocycles. The smallest absolute Gasteiger partial charge is 0.323 e. The third-order valence-electron chi connectivity index (χ3n) is 5.22. The standard InChI is InChI=1S/C25H21N3O4/c1-16(29)28(15-22(30)31)19-13-11-18(12-14-19)26-24(17-7-3-2-4-8-17)23-20-9-5-6-10-21(20)27-25(23)32/h2-14,23H,15H2,1H3,(H,27,32)(H,30,31). The number of carboxylic acid groups (broad SMARTS) is 1. The van der Waals surface area contributed by atoms with E-state index in [0.717, 1.165) is 16.8 Å². The van der Waals surface area contributed by atoms with Crippen molar-refractivity contribution in [3.63, 3.8) is 0 Å². The fourth-order valence-corrected chi connectivity index (χ4v) is 3.75. The number of benzene rings is 3. The number of fused-ring (bicyclic) bond motifs is 1. The molecule has 7 nitrogen and oxygen atoms in total. The van der Waals surface area contributed by atoms with Gasteiger partial charge >= 0.3 is 5.97 Å². The highest BCUT2D eigenvalue weighted by Crippen LogP contribution is 2.36. The monoisotopic (exact) mass is 427 g/mol. The van der Waals surface area contributed by atoms with E-state index in [0.29, 0.717) is 17.1 Å². The summed E-state index contributed by atoms with van der Waals surface area (Å²) in [6.07, 6.45) is 0. The lowest BCUT2D eigenvalue weighted by atomic mass is 9.90. The minimum atomic E-state index is -1.10. The van der Waals surface area contributed by atoms with Crippen LogP contribution in [0.3, 0.4) is 0 Å². The molecule has 1 atom stereocenters. The number of hydrogen-bond acceptors (Lipinski definition) is 4. The van der Waals surface area contributed by atoms with E-state index in [1.807, 2.05) is 54.6 Å². The molecule has 3 aromatic rings. The maximum absolute atomic E-state index is 12.9. The van der Waals surface area contributed by atoms with Crippen LogP contribution in [0.2, 0.25) is 0 Å². The molecule has 0 radical (unpaired) electrons. The normalized spacial score (nSPS) is 15.1. The van der Waals surface area contributed by atoms with Crippen LogP contribution in [0.25, 0.3) is 0 Å². The number of carboxylic acids is 1. The number of nitrogens with one attached hydrogen (secondary N) is 1. The number of amides is 2. The van der Waals surface area contributed by atoms with Crippen molar-refractivity contribution in [3.8, 4) is 0 Å². The van der Waals surface area contributed by atoms with Crippen LogP contribution in [0.4, 0.5) is 17.1 Å². The maximum atomic E-state index is 12.9. The Kier molecular flexibility index (Phi) is 5.81. The molecule has 0 saturated heterocycles. The number of nitrogens with zero attached hydrogens (tertiary/aromatic N) is 2. The van der Waals surface area contributed by atoms with Crippen molar-refractivity contribution in [1.82, 2.24) is 0 Å². The molecule has 2 amide bonds. The second-order valence-electron chi connectivity index (χ2n) is 7.39. The number of carbonyl (C=O) groups is 3. The molecule has 1 aliphatic rings. The van der Waals surface area contributed by atoms with Crippen molar-refractivity contribution < 1.29 is 19.5 Å². The Hall–Kier alpha value is -4.26. The van der Waals surface area contributed by atoms with Gasteiger partial charge in [-0.3, -0.25) is 19.4 Å². The van der Waals surface area contributed by atoms with Crippen LogP contribution in [-0.2, 0) is 14.4 Å². The predicted molar refractivity (Wildman–Crippen MR) is 123 cm³/mol. The van der Waals surface area contributed by atoms with Crippen molar-refractivity contribution >= 4 is 40.6 Å². The largest absolute Gasteiger partial charge is 0.480 e. The molecule has 0 bridgehead atoms. The van der Waals surface area contributed by atoms with E-state index in [9.17, 15) is 14.4 Å². The van der Waals surface area contributed by atoms with Gasteiger partial charge in [0.15, 0.2) is 0 Å². The molecule has 0 fully saturated rings. The molecular formula is C25H21N3O4. The maximum Gasteiger partial charge on any atom is 0.323 e. The summed E-state index contributed by atoms with van der Waals surface area (Å²) in [7, 11) is 0. The molecule has 160 valence electrons. The topological polar surface area (TPSA) is 99.1 Å². The Labute approximate surface area is 185 Å². The molecule has 4 rings (SSSR count). The van der Waals surface area contributed by atoms with Gasteiger partial charge in [-0.25, -0.2) is 0 Å². The van der Waals surface area contributed by atoms with Gasteiger partial charge in [0.1, 0.15) is 12.5 Å². The summed E-state index contributed by atoms with van der Waals surface area (Å²) in [5.41, 5.74) is 4.11. The lowest BCUT2D eigenvalue weighted by Gasteiger charge is -2.19. The average Bonchev–Trinajstić information content (AvgIpc) is 3.12. The van der Waals surface area contributed by atoms with Crippen LogP contribution < -0.4 is 10.2 Å². The van der Waals surface area contributed by atoms with Gasteiger partial charge in [0.2, 0.25) is 11.8 Å². The second kappa shape index (κ2) is 8.85. The van der Waals surface area contributed by atoms with E-state index in [1.54, 1.807) is 24.3 Å². The lowest BCUT2D eigenvalue weighted by Crippen LogP contribution is -2.33. The summed E-state index contributed by atoms with van der Waals surface area (Å²) in [6.45, 7) is 0.894. The highest BCUT2D eigenvalue weighted by atomic mass is 16.4. The highest BCUT2D eigenvalue weighted by Gasteiger charge is 2.35. The Morgan fingerprint density at radius 3 is 2.28 bits per heavy atom. The van der Waals surface area contributed by atoms with Crippen LogP contribution in [-0.4, -0.2) is 35.1 Å². The molecule has 32 heavy (non-hydrogen) atoms.